The molecule has 0 radical (unpaired) electrons. The number of amides is 1. The fraction of sp³-hybridized carbons (Fsp3) is 0.231. The Hall–Kier alpha value is -2.70. The monoisotopic (exact) mass is 272 g/mol. The molecule has 1 aliphatic rings. The maximum absolute atomic E-state index is 11.5. The van der Waals surface area contributed by atoms with Crippen molar-refractivity contribution in [3.05, 3.63) is 30.0 Å². The molecule has 102 valence electrons. The van der Waals surface area contributed by atoms with Crippen LogP contribution < -0.4 is 10.2 Å². The molecule has 7 heteroatoms. The molecule has 3 rings (SSSR count). The van der Waals surface area contributed by atoms with Crippen molar-refractivity contribution >= 4 is 28.5 Å². The lowest BCUT2D eigenvalue weighted by atomic mass is 10.1. The van der Waals surface area contributed by atoms with Crippen LogP contribution in [0, 0.1) is 0 Å². The predicted molar refractivity (Wildman–Crippen MR) is 71.7 cm³/mol. The summed E-state index contributed by atoms with van der Waals surface area (Å²) in [6.45, 7) is 1.15. The molecule has 1 saturated heterocycles. The third kappa shape index (κ3) is 2.03. The second-order valence-electron chi connectivity index (χ2n) is 4.49. The van der Waals surface area contributed by atoms with Crippen molar-refractivity contribution in [3.8, 4) is 0 Å². The Morgan fingerprint density at radius 3 is 2.85 bits per heavy atom. The number of carbonyl (C=O) groups is 2. The topological polar surface area (TPSA) is 95.4 Å². The molecular formula is C13H12N4O3. The molecule has 0 saturated carbocycles. The minimum Gasteiger partial charge on any atom is -0.476 e. The second-order valence-corrected chi connectivity index (χ2v) is 4.49. The van der Waals surface area contributed by atoms with E-state index in [0.717, 1.165) is 0 Å². The molecule has 1 aromatic heterocycles. The quantitative estimate of drug-likeness (QED) is 0.814. The highest BCUT2D eigenvalue weighted by molar-refractivity contribution is 6.03. The first kappa shape index (κ1) is 12.3. The van der Waals surface area contributed by atoms with Crippen LogP contribution in [0.3, 0.4) is 0 Å². The number of rotatable bonds is 2. The molecule has 2 aromatic rings. The number of fused-ring (bicyclic) bond motifs is 1. The zero-order valence-corrected chi connectivity index (χ0v) is 10.5. The van der Waals surface area contributed by atoms with E-state index in [4.69, 9.17) is 0 Å². The van der Waals surface area contributed by atoms with Gasteiger partial charge in [0.05, 0.1) is 17.7 Å². The van der Waals surface area contributed by atoms with Gasteiger partial charge in [-0.1, -0.05) is 18.2 Å². The van der Waals surface area contributed by atoms with Crippen molar-refractivity contribution in [3.63, 3.8) is 0 Å². The van der Waals surface area contributed by atoms with Crippen LogP contribution in [0.5, 0.6) is 0 Å². The molecule has 0 bridgehead atoms. The third-order valence-corrected chi connectivity index (χ3v) is 3.20. The highest BCUT2D eigenvalue weighted by atomic mass is 16.4. The van der Waals surface area contributed by atoms with Crippen LogP contribution in [0.15, 0.2) is 24.3 Å². The average molecular weight is 272 g/mol. The number of nitrogens with zero attached hydrogens (tertiary/aromatic N) is 3. The summed E-state index contributed by atoms with van der Waals surface area (Å²) < 4.78 is 0. The van der Waals surface area contributed by atoms with Gasteiger partial charge in [0.25, 0.3) is 0 Å². The minimum atomic E-state index is -1.15. The van der Waals surface area contributed by atoms with Crippen molar-refractivity contribution in [1.82, 2.24) is 15.5 Å². The van der Waals surface area contributed by atoms with Crippen molar-refractivity contribution in [2.45, 2.75) is 0 Å². The molecule has 1 amide bonds. The van der Waals surface area contributed by atoms with Gasteiger partial charge < -0.3 is 15.3 Å². The lowest BCUT2D eigenvalue weighted by Crippen LogP contribution is -2.48. The molecular weight excluding hydrogens is 260 g/mol. The lowest BCUT2D eigenvalue weighted by molar-refractivity contribution is -0.120. The largest absolute Gasteiger partial charge is 0.476 e. The summed E-state index contributed by atoms with van der Waals surface area (Å²) in [5.74, 6) is -1.28. The van der Waals surface area contributed by atoms with E-state index >= 15 is 0 Å². The minimum absolute atomic E-state index is 0.121. The van der Waals surface area contributed by atoms with Gasteiger partial charge in [-0.2, -0.15) is 0 Å². The molecule has 0 atom stereocenters. The van der Waals surface area contributed by atoms with Crippen LogP contribution in [0.2, 0.25) is 0 Å². The zero-order chi connectivity index (χ0) is 14.1. The van der Waals surface area contributed by atoms with Crippen molar-refractivity contribution in [2.75, 3.05) is 24.5 Å². The highest BCUT2D eigenvalue weighted by Gasteiger charge is 2.25. The summed E-state index contributed by atoms with van der Waals surface area (Å²) in [7, 11) is 0. The third-order valence-electron chi connectivity index (χ3n) is 3.20. The number of carbonyl (C=O) groups excluding carboxylic acids is 1. The second kappa shape index (κ2) is 4.76. The van der Waals surface area contributed by atoms with Gasteiger partial charge in [0.1, 0.15) is 0 Å². The SMILES string of the molecule is O=C1CN(c2c(C(=O)O)nnc3ccccc23)CCN1. The number of carboxylic acid groups (broad SMARTS) is 1. The van der Waals surface area contributed by atoms with Crippen LogP contribution >= 0.6 is 0 Å². The number of nitrogens with one attached hydrogen (secondary N) is 1. The summed E-state index contributed by atoms with van der Waals surface area (Å²) in [6, 6.07) is 7.17. The standard InChI is InChI=1S/C13H12N4O3/c18-10-7-17(6-5-14-10)12-8-3-1-2-4-9(8)15-16-11(12)13(19)20/h1-4H,5-7H2,(H,14,18)(H,19,20). The van der Waals surface area contributed by atoms with E-state index in [-0.39, 0.29) is 18.1 Å². The number of aromatic nitrogens is 2. The van der Waals surface area contributed by atoms with E-state index in [2.05, 4.69) is 15.5 Å². The van der Waals surface area contributed by atoms with Crippen molar-refractivity contribution < 1.29 is 14.7 Å². The van der Waals surface area contributed by atoms with Gasteiger partial charge in [0, 0.05) is 18.5 Å². The van der Waals surface area contributed by atoms with Crippen LogP contribution in [-0.2, 0) is 4.79 Å². The summed E-state index contributed by atoms with van der Waals surface area (Å²) in [6.07, 6.45) is 0. The Morgan fingerprint density at radius 1 is 1.30 bits per heavy atom. The fourth-order valence-corrected chi connectivity index (χ4v) is 2.33. The van der Waals surface area contributed by atoms with Gasteiger partial charge in [-0.25, -0.2) is 4.79 Å². The Morgan fingerprint density at radius 2 is 2.10 bits per heavy atom. The van der Waals surface area contributed by atoms with E-state index in [0.29, 0.717) is 29.7 Å². The lowest BCUT2D eigenvalue weighted by Gasteiger charge is -2.29. The summed E-state index contributed by atoms with van der Waals surface area (Å²) in [4.78, 5) is 24.6. The van der Waals surface area contributed by atoms with E-state index < -0.39 is 5.97 Å². The first-order valence-corrected chi connectivity index (χ1v) is 6.17. The first-order chi connectivity index (χ1) is 9.66. The normalized spacial score (nSPS) is 15.2. The summed E-state index contributed by atoms with van der Waals surface area (Å²) >= 11 is 0. The molecule has 1 aromatic carbocycles. The van der Waals surface area contributed by atoms with Gasteiger partial charge >= 0.3 is 5.97 Å². The van der Waals surface area contributed by atoms with Crippen LogP contribution in [-0.4, -0.2) is 46.8 Å². The summed E-state index contributed by atoms with van der Waals surface area (Å²) in [5.41, 5.74) is 0.940. The molecule has 20 heavy (non-hydrogen) atoms. The predicted octanol–water partition coefficient (Wildman–Crippen LogP) is 0.264. The van der Waals surface area contributed by atoms with Crippen LogP contribution in [0.4, 0.5) is 5.69 Å². The molecule has 2 heterocycles. The smallest absolute Gasteiger partial charge is 0.358 e. The van der Waals surface area contributed by atoms with Gasteiger partial charge in [-0.3, -0.25) is 4.79 Å². The van der Waals surface area contributed by atoms with Gasteiger partial charge in [-0.05, 0) is 6.07 Å². The van der Waals surface area contributed by atoms with Crippen molar-refractivity contribution in [1.29, 1.82) is 0 Å². The zero-order valence-electron chi connectivity index (χ0n) is 10.5. The number of benzene rings is 1. The van der Waals surface area contributed by atoms with E-state index in [9.17, 15) is 14.7 Å². The molecule has 0 unspecified atom stereocenters. The molecule has 0 aliphatic carbocycles. The number of carboxylic acids is 1. The summed E-state index contributed by atoms with van der Waals surface area (Å²) in [5, 5.41) is 20.4. The van der Waals surface area contributed by atoms with E-state index in [1.54, 1.807) is 17.0 Å². The van der Waals surface area contributed by atoms with E-state index in [1.165, 1.54) is 0 Å². The molecule has 0 spiro atoms. The van der Waals surface area contributed by atoms with Crippen LogP contribution in [0.1, 0.15) is 10.5 Å². The first-order valence-electron chi connectivity index (χ1n) is 6.17. The van der Waals surface area contributed by atoms with Gasteiger partial charge in [-0.15, -0.1) is 10.2 Å². The van der Waals surface area contributed by atoms with Crippen LogP contribution in [0.25, 0.3) is 10.9 Å². The van der Waals surface area contributed by atoms with E-state index in [1.807, 2.05) is 12.1 Å². The molecule has 1 aliphatic heterocycles. The van der Waals surface area contributed by atoms with Crippen molar-refractivity contribution in [2.24, 2.45) is 0 Å². The highest BCUT2D eigenvalue weighted by Crippen LogP contribution is 2.28. The molecule has 1 fully saturated rings. The molecule has 2 N–H and O–H groups in total. The molecule has 7 nitrogen and oxygen atoms in total. The number of hydrogen-bond donors (Lipinski definition) is 2. The number of piperazine rings is 1. The Bertz CT molecular complexity index is 701. The number of anilines is 1. The maximum atomic E-state index is 11.5. The number of aromatic carboxylic acids is 1. The Balaban J connectivity index is 2.21. The Kier molecular flexibility index (Phi) is 2.94. The average Bonchev–Trinajstić information content (AvgIpc) is 2.46. The van der Waals surface area contributed by atoms with Gasteiger partial charge in [0.2, 0.25) is 5.91 Å². The fourth-order valence-electron chi connectivity index (χ4n) is 2.33. The number of hydrogen-bond acceptors (Lipinski definition) is 5. The maximum Gasteiger partial charge on any atom is 0.358 e. The Labute approximate surface area is 114 Å². The van der Waals surface area contributed by atoms with Gasteiger partial charge in [0.15, 0.2) is 5.69 Å².